The van der Waals surface area contributed by atoms with E-state index >= 15 is 0 Å². The van der Waals surface area contributed by atoms with E-state index in [9.17, 15) is 9.59 Å². The fourth-order valence-electron chi connectivity index (χ4n) is 7.52. The molecule has 10 nitrogen and oxygen atoms in total. The maximum absolute atomic E-state index is 14.1. The number of likely N-dealkylation sites (N-methyl/N-ethyl adjacent to an activating group) is 2. The molecule has 0 spiro atoms. The van der Waals surface area contributed by atoms with Crippen LogP contribution in [0.4, 0.5) is 0 Å². The Balaban J connectivity index is 1.68. The average molecular weight is 582 g/mol. The first-order valence-electron chi connectivity index (χ1n) is 15.6. The molecular formula is C31H55N3O7. The van der Waals surface area contributed by atoms with E-state index in [1.54, 1.807) is 21.0 Å². The minimum atomic E-state index is -1.36. The number of fused-ring (bicyclic) bond motifs is 2. The first-order valence-corrected chi connectivity index (χ1v) is 15.6. The van der Waals surface area contributed by atoms with Gasteiger partial charge in [-0.05, 0) is 67.2 Å². The van der Waals surface area contributed by atoms with Gasteiger partial charge in [-0.3, -0.25) is 14.5 Å². The quantitative estimate of drug-likeness (QED) is 0.357. The molecule has 4 aliphatic rings. The third kappa shape index (κ3) is 6.54. The van der Waals surface area contributed by atoms with E-state index in [4.69, 9.17) is 23.7 Å². The van der Waals surface area contributed by atoms with Crippen molar-refractivity contribution in [3.8, 4) is 0 Å². The molecule has 4 saturated heterocycles. The van der Waals surface area contributed by atoms with Gasteiger partial charge in [0.1, 0.15) is 24.2 Å². The Hall–Kier alpha value is -1.14. The highest BCUT2D eigenvalue weighted by Crippen LogP contribution is 2.45. The maximum atomic E-state index is 14.1. The standard InChI is InChI=1S/C31H55N3O7/c1-11-12-34-16-22(17-34)24-18-38-29(36)30(5,6)26(35)21(4)27-31(37-10,14-19(2)15-33(24)9)41-25-23(32(7)8)13-20(3)39-28(25)40-27/h19-25,27-28H,11-18H2,1-10H3/t19-,20-,21+,23+,24-,25-,27-,28+,31+/m1/s1. The highest BCUT2D eigenvalue weighted by Gasteiger charge is 2.59. The number of cyclic esters (lactones) is 1. The number of ether oxygens (including phenoxy) is 5. The van der Waals surface area contributed by atoms with Gasteiger partial charge in [-0.2, -0.15) is 0 Å². The zero-order valence-electron chi connectivity index (χ0n) is 27.1. The van der Waals surface area contributed by atoms with Crippen molar-refractivity contribution < 1.29 is 33.3 Å². The van der Waals surface area contributed by atoms with Crippen molar-refractivity contribution >= 4 is 11.8 Å². The van der Waals surface area contributed by atoms with Crippen molar-refractivity contribution in [2.24, 2.45) is 23.2 Å². The maximum Gasteiger partial charge on any atom is 0.319 e. The SMILES string of the molecule is CCCN1CC([C@H]2COC(=O)C(C)(C)C(=O)[C@H](C)[C@H]3O[C@@H]4O[C@H](C)C[C@H](N(C)C)[C@H]4O[C@@]3(OC)C[C@@H](C)CN2C)C1. The second kappa shape index (κ2) is 12.8. The zero-order chi connectivity index (χ0) is 30.3. The highest BCUT2D eigenvalue weighted by molar-refractivity contribution is 6.04. The molecule has 0 aromatic rings. The van der Waals surface area contributed by atoms with Crippen molar-refractivity contribution in [1.82, 2.24) is 14.7 Å². The summed E-state index contributed by atoms with van der Waals surface area (Å²) in [5.74, 6) is -2.10. The van der Waals surface area contributed by atoms with Gasteiger partial charge in [0.05, 0.1) is 6.10 Å². The predicted molar refractivity (Wildman–Crippen MR) is 155 cm³/mol. The van der Waals surface area contributed by atoms with Crippen LogP contribution in [0.5, 0.6) is 0 Å². The molecule has 10 heteroatoms. The van der Waals surface area contributed by atoms with Gasteiger partial charge >= 0.3 is 5.97 Å². The summed E-state index contributed by atoms with van der Waals surface area (Å²) in [5, 5.41) is 0. The molecule has 41 heavy (non-hydrogen) atoms. The predicted octanol–water partition coefficient (Wildman–Crippen LogP) is 2.63. The Morgan fingerprint density at radius 2 is 1.76 bits per heavy atom. The van der Waals surface area contributed by atoms with E-state index in [1.165, 1.54) is 0 Å². The van der Waals surface area contributed by atoms with E-state index < -0.39 is 35.5 Å². The summed E-state index contributed by atoms with van der Waals surface area (Å²) < 4.78 is 32.1. The van der Waals surface area contributed by atoms with Crippen LogP contribution in [-0.2, 0) is 33.3 Å². The van der Waals surface area contributed by atoms with Crippen molar-refractivity contribution in [3.63, 3.8) is 0 Å². The van der Waals surface area contributed by atoms with E-state index in [0.717, 1.165) is 39.0 Å². The molecular weight excluding hydrogens is 526 g/mol. The Kier molecular flexibility index (Phi) is 10.3. The molecule has 0 saturated carbocycles. The number of methoxy groups -OCH3 is 1. The second-order valence-electron chi connectivity index (χ2n) is 13.9. The first kappa shape index (κ1) is 32.8. The molecule has 0 amide bonds. The van der Waals surface area contributed by atoms with Crippen LogP contribution in [0.2, 0.25) is 0 Å². The van der Waals surface area contributed by atoms with Crippen molar-refractivity contribution in [1.29, 1.82) is 0 Å². The summed E-state index contributed by atoms with van der Waals surface area (Å²) in [6.45, 7) is 15.6. The summed E-state index contributed by atoms with van der Waals surface area (Å²) in [5.41, 5.74) is -1.36. The second-order valence-corrected chi connectivity index (χ2v) is 13.9. The molecule has 4 fully saturated rings. The number of esters is 1. The molecule has 0 bridgehead atoms. The van der Waals surface area contributed by atoms with Crippen LogP contribution in [0.3, 0.4) is 0 Å². The van der Waals surface area contributed by atoms with E-state index in [1.807, 2.05) is 27.9 Å². The van der Waals surface area contributed by atoms with Gasteiger partial charge in [-0.15, -0.1) is 0 Å². The molecule has 0 N–H and O–H groups in total. The van der Waals surface area contributed by atoms with E-state index in [2.05, 4.69) is 35.6 Å². The summed E-state index contributed by atoms with van der Waals surface area (Å²) >= 11 is 0. The molecule has 0 aliphatic carbocycles. The average Bonchev–Trinajstić information content (AvgIpc) is 2.89. The number of nitrogens with zero attached hydrogens (tertiary/aromatic N) is 3. The van der Waals surface area contributed by atoms with Gasteiger partial charge in [0.25, 0.3) is 0 Å². The monoisotopic (exact) mass is 581 g/mol. The fourth-order valence-corrected chi connectivity index (χ4v) is 7.52. The Morgan fingerprint density at radius 3 is 2.37 bits per heavy atom. The van der Waals surface area contributed by atoms with Crippen LogP contribution in [0.25, 0.3) is 0 Å². The van der Waals surface area contributed by atoms with Gasteiger partial charge in [0.2, 0.25) is 0 Å². The van der Waals surface area contributed by atoms with E-state index in [0.29, 0.717) is 12.3 Å². The minimum Gasteiger partial charge on any atom is -0.463 e. The van der Waals surface area contributed by atoms with Crippen molar-refractivity contribution in [3.05, 3.63) is 0 Å². The Morgan fingerprint density at radius 1 is 1.07 bits per heavy atom. The number of hydrogen-bond donors (Lipinski definition) is 0. The van der Waals surface area contributed by atoms with Crippen LogP contribution < -0.4 is 0 Å². The molecule has 9 atom stereocenters. The van der Waals surface area contributed by atoms with Gasteiger partial charge < -0.3 is 33.5 Å². The smallest absolute Gasteiger partial charge is 0.319 e. The molecule has 4 heterocycles. The van der Waals surface area contributed by atoms with Crippen LogP contribution in [0, 0.1) is 23.2 Å². The molecule has 0 radical (unpaired) electrons. The lowest BCUT2D eigenvalue weighted by Gasteiger charge is -2.55. The van der Waals surface area contributed by atoms with Crippen molar-refractivity contribution in [2.75, 3.05) is 61.0 Å². The Labute approximate surface area is 247 Å². The number of ketones is 1. The van der Waals surface area contributed by atoms with Crippen molar-refractivity contribution in [2.45, 2.75) is 103 Å². The lowest BCUT2D eigenvalue weighted by molar-refractivity contribution is -0.424. The van der Waals surface area contributed by atoms with Crippen LogP contribution in [0.15, 0.2) is 0 Å². The Bertz CT molecular complexity index is 925. The van der Waals surface area contributed by atoms with Crippen LogP contribution in [0.1, 0.15) is 60.8 Å². The first-order chi connectivity index (χ1) is 19.2. The number of likely N-dealkylation sites (tertiary alicyclic amines) is 1. The summed E-state index contributed by atoms with van der Waals surface area (Å²) in [4.78, 5) is 34.5. The minimum absolute atomic E-state index is 0.0289. The summed E-state index contributed by atoms with van der Waals surface area (Å²) in [7, 11) is 7.83. The molecule has 0 aromatic carbocycles. The lowest BCUT2D eigenvalue weighted by atomic mass is 9.76. The third-order valence-electron chi connectivity index (χ3n) is 9.89. The number of carbonyl (C=O) groups is 2. The normalized spacial score (nSPS) is 41.8. The summed E-state index contributed by atoms with van der Waals surface area (Å²) in [6.07, 6.45) is 0.628. The van der Waals surface area contributed by atoms with Gasteiger partial charge in [0.15, 0.2) is 17.9 Å². The molecule has 0 aromatic heterocycles. The molecule has 236 valence electrons. The largest absolute Gasteiger partial charge is 0.463 e. The van der Waals surface area contributed by atoms with Gasteiger partial charge in [0, 0.05) is 57.1 Å². The highest BCUT2D eigenvalue weighted by atomic mass is 16.8. The number of Topliss-reactive ketones (excluding diaryl/α,β-unsaturated/α-hetero) is 1. The topological polar surface area (TPSA) is 90.0 Å². The fraction of sp³-hybridized carbons (Fsp3) is 0.935. The number of rotatable bonds is 5. The third-order valence-corrected chi connectivity index (χ3v) is 9.89. The van der Waals surface area contributed by atoms with Crippen LogP contribution >= 0.6 is 0 Å². The van der Waals surface area contributed by atoms with E-state index in [-0.39, 0.29) is 42.6 Å². The van der Waals surface area contributed by atoms with Crippen LogP contribution in [-0.4, -0.2) is 130 Å². The lowest BCUT2D eigenvalue weighted by Crippen LogP contribution is -2.69. The van der Waals surface area contributed by atoms with Gasteiger partial charge in [-0.1, -0.05) is 20.8 Å². The van der Waals surface area contributed by atoms with Gasteiger partial charge in [-0.25, -0.2) is 0 Å². The number of carbonyl (C=O) groups excluding carboxylic acids is 2. The zero-order valence-corrected chi connectivity index (χ0v) is 27.1. The molecule has 0 unspecified atom stereocenters. The number of hydrogen-bond acceptors (Lipinski definition) is 10. The molecule has 4 rings (SSSR count). The summed E-state index contributed by atoms with van der Waals surface area (Å²) in [6, 6.07) is 0.123. The molecule has 4 aliphatic heterocycles.